The lowest BCUT2D eigenvalue weighted by Crippen LogP contribution is -2.38. The van der Waals surface area contributed by atoms with Gasteiger partial charge in [-0.05, 0) is 48.7 Å². The SMILES string of the molecule is C#Cc1ccc(CN2CCC(Nc3nncc4ccc(OC)cc34)CC2)cc1. The van der Waals surface area contributed by atoms with Gasteiger partial charge in [-0.25, -0.2) is 0 Å². The molecular formula is C23H24N4O. The van der Waals surface area contributed by atoms with Crippen LogP contribution in [-0.4, -0.2) is 41.3 Å². The second-order valence-electron chi connectivity index (χ2n) is 7.18. The van der Waals surface area contributed by atoms with E-state index in [0.29, 0.717) is 6.04 Å². The number of ether oxygens (including phenoxy) is 1. The van der Waals surface area contributed by atoms with Crippen LogP contribution in [0.1, 0.15) is 24.0 Å². The summed E-state index contributed by atoms with van der Waals surface area (Å²) < 4.78 is 5.36. The van der Waals surface area contributed by atoms with Crippen molar-refractivity contribution in [1.82, 2.24) is 15.1 Å². The third-order valence-electron chi connectivity index (χ3n) is 5.33. The van der Waals surface area contributed by atoms with Gasteiger partial charge >= 0.3 is 0 Å². The molecule has 28 heavy (non-hydrogen) atoms. The fraction of sp³-hybridized carbons (Fsp3) is 0.304. The minimum Gasteiger partial charge on any atom is -0.497 e. The van der Waals surface area contributed by atoms with Crippen LogP contribution in [0.3, 0.4) is 0 Å². The summed E-state index contributed by atoms with van der Waals surface area (Å²) in [6.07, 6.45) is 9.36. The Labute approximate surface area is 165 Å². The second-order valence-corrected chi connectivity index (χ2v) is 7.18. The van der Waals surface area contributed by atoms with E-state index in [1.807, 2.05) is 30.3 Å². The minimum atomic E-state index is 0.395. The summed E-state index contributed by atoms with van der Waals surface area (Å²) in [7, 11) is 1.68. The summed E-state index contributed by atoms with van der Waals surface area (Å²) in [4.78, 5) is 2.49. The van der Waals surface area contributed by atoms with E-state index in [1.54, 1.807) is 13.3 Å². The van der Waals surface area contributed by atoms with E-state index in [9.17, 15) is 0 Å². The van der Waals surface area contributed by atoms with Crippen LogP contribution in [0.2, 0.25) is 0 Å². The number of nitrogens with zero attached hydrogens (tertiary/aromatic N) is 3. The van der Waals surface area contributed by atoms with Crippen LogP contribution >= 0.6 is 0 Å². The molecule has 1 fully saturated rings. The summed E-state index contributed by atoms with van der Waals surface area (Å²) >= 11 is 0. The number of rotatable bonds is 5. The molecule has 0 aliphatic carbocycles. The molecule has 1 N–H and O–H groups in total. The zero-order valence-corrected chi connectivity index (χ0v) is 16.1. The van der Waals surface area contributed by atoms with Crippen LogP contribution < -0.4 is 10.1 Å². The Kier molecular flexibility index (Phi) is 5.41. The molecule has 142 valence electrons. The first-order valence-corrected chi connectivity index (χ1v) is 9.59. The summed E-state index contributed by atoms with van der Waals surface area (Å²) in [6.45, 7) is 3.06. The standard InChI is InChI=1S/C23H24N4O/c1-3-17-4-6-18(7-5-17)16-27-12-10-20(11-13-27)25-23-22-14-21(28-2)9-8-19(22)15-24-26-23/h1,4-9,14-15,20H,10-13,16H2,2H3,(H,25,26). The lowest BCUT2D eigenvalue weighted by Gasteiger charge is -2.32. The molecule has 0 atom stereocenters. The molecule has 5 nitrogen and oxygen atoms in total. The molecular weight excluding hydrogens is 348 g/mol. The van der Waals surface area contributed by atoms with Gasteiger partial charge < -0.3 is 10.1 Å². The Hall–Kier alpha value is -3.10. The van der Waals surface area contributed by atoms with Crippen LogP contribution in [-0.2, 0) is 6.54 Å². The first kappa shape index (κ1) is 18.3. The molecule has 1 aliphatic rings. The molecule has 1 aliphatic heterocycles. The van der Waals surface area contributed by atoms with E-state index < -0.39 is 0 Å². The molecule has 3 aromatic rings. The minimum absolute atomic E-state index is 0.395. The normalized spacial score (nSPS) is 15.3. The van der Waals surface area contributed by atoms with Crippen molar-refractivity contribution in [3.8, 4) is 18.1 Å². The molecule has 5 heteroatoms. The van der Waals surface area contributed by atoms with Gasteiger partial charge in [0, 0.05) is 42.0 Å². The van der Waals surface area contributed by atoms with Crippen molar-refractivity contribution in [2.75, 3.05) is 25.5 Å². The Bertz CT molecular complexity index is 986. The van der Waals surface area contributed by atoms with Gasteiger partial charge in [0.05, 0.1) is 13.3 Å². The number of hydrogen-bond acceptors (Lipinski definition) is 5. The lowest BCUT2D eigenvalue weighted by molar-refractivity contribution is 0.211. The zero-order valence-electron chi connectivity index (χ0n) is 16.1. The van der Waals surface area contributed by atoms with Crippen molar-refractivity contribution in [2.45, 2.75) is 25.4 Å². The summed E-state index contributed by atoms with van der Waals surface area (Å²) in [5.74, 6) is 4.33. The number of nitrogens with one attached hydrogen (secondary N) is 1. The van der Waals surface area contributed by atoms with Crippen LogP contribution in [0, 0.1) is 12.3 Å². The van der Waals surface area contributed by atoms with Crippen molar-refractivity contribution in [3.05, 3.63) is 59.8 Å². The first-order valence-electron chi connectivity index (χ1n) is 9.59. The molecule has 2 aromatic carbocycles. The maximum absolute atomic E-state index is 5.43. The predicted octanol–water partition coefficient (Wildman–Crippen LogP) is 3.70. The van der Waals surface area contributed by atoms with Crippen molar-refractivity contribution in [1.29, 1.82) is 0 Å². The summed E-state index contributed by atoms with van der Waals surface area (Å²) in [5, 5.41) is 14.2. The van der Waals surface area contributed by atoms with Gasteiger partial charge in [0.1, 0.15) is 5.75 Å². The maximum Gasteiger partial charge on any atom is 0.156 e. The Morgan fingerprint density at radius 3 is 2.68 bits per heavy atom. The number of aromatic nitrogens is 2. The number of piperidine rings is 1. The van der Waals surface area contributed by atoms with Gasteiger partial charge in [-0.2, -0.15) is 5.10 Å². The average Bonchev–Trinajstić information content (AvgIpc) is 2.75. The van der Waals surface area contributed by atoms with E-state index in [2.05, 4.69) is 38.5 Å². The van der Waals surface area contributed by atoms with Gasteiger partial charge in [-0.15, -0.1) is 11.5 Å². The molecule has 2 heterocycles. The predicted molar refractivity (Wildman–Crippen MR) is 112 cm³/mol. The van der Waals surface area contributed by atoms with Crippen molar-refractivity contribution >= 4 is 16.6 Å². The highest BCUT2D eigenvalue weighted by Crippen LogP contribution is 2.26. The largest absolute Gasteiger partial charge is 0.497 e. The molecule has 1 aromatic heterocycles. The first-order chi connectivity index (χ1) is 13.7. The lowest BCUT2D eigenvalue weighted by atomic mass is 10.0. The van der Waals surface area contributed by atoms with Crippen molar-refractivity contribution in [2.24, 2.45) is 0 Å². The third-order valence-corrected chi connectivity index (χ3v) is 5.33. The van der Waals surface area contributed by atoms with Crippen molar-refractivity contribution in [3.63, 3.8) is 0 Å². The molecule has 0 amide bonds. The van der Waals surface area contributed by atoms with E-state index in [1.165, 1.54) is 5.56 Å². The highest BCUT2D eigenvalue weighted by Gasteiger charge is 2.20. The zero-order chi connectivity index (χ0) is 19.3. The fourth-order valence-corrected chi connectivity index (χ4v) is 3.68. The smallest absolute Gasteiger partial charge is 0.156 e. The number of benzene rings is 2. The van der Waals surface area contributed by atoms with E-state index in [4.69, 9.17) is 11.2 Å². The molecule has 4 rings (SSSR count). The number of fused-ring (bicyclic) bond motifs is 1. The molecule has 0 unspecified atom stereocenters. The highest BCUT2D eigenvalue weighted by molar-refractivity contribution is 5.92. The Morgan fingerprint density at radius 1 is 1.18 bits per heavy atom. The number of anilines is 1. The monoisotopic (exact) mass is 372 g/mol. The topological polar surface area (TPSA) is 50.3 Å². The fourth-order valence-electron chi connectivity index (χ4n) is 3.68. The van der Waals surface area contributed by atoms with E-state index >= 15 is 0 Å². The van der Waals surface area contributed by atoms with Crippen LogP contribution in [0.4, 0.5) is 5.82 Å². The van der Waals surface area contributed by atoms with Gasteiger partial charge in [-0.1, -0.05) is 18.1 Å². The maximum atomic E-state index is 5.43. The summed E-state index contributed by atoms with van der Waals surface area (Å²) in [5.41, 5.74) is 2.23. The Morgan fingerprint density at radius 2 is 1.96 bits per heavy atom. The molecule has 0 spiro atoms. The van der Waals surface area contributed by atoms with Gasteiger partial charge in [0.25, 0.3) is 0 Å². The second kappa shape index (κ2) is 8.28. The van der Waals surface area contributed by atoms with Gasteiger partial charge in [0.2, 0.25) is 0 Å². The molecule has 0 saturated carbocycles. The quantitative estimate of drug-likeness (QED) is 0.692. The third kappa shape index (κ3) is 4.08. The number of hydrogen-bond donors (Lipinski definition) is 1. The van der Waals surface area contributed by atoms with E-state index in [0.717, 1.165) is 60.4 Å². The van der Waals surface area contributed by atoms with Crippen LogP contribution in [0.15, 0.2) is 48.7 Å². The molecule has 0 radical (unpaired) electrons. The summed E-state index contributed by atoms with van der Waals surface area (Å²) in [6, 6.07) is 14.6. The molecule has 0 bridgehead atoms. The highest BCUT2D eigenvalue weighted by atomic mass is 16.5. The number of likely N-dealkylation sites (tertiary alicyclic amines) is 1. The number of methoxy groups -OCH3 is 1. The van der Waals surface area contributed by atoms with Gasteiger partial charge in [-0.3, -0.25) is 4.90 Å². The van der Waals surface area contributed by atoms with Crippen molar-refractivity contribution < 1.29 is 4.74 Å². The van der Waals surface area contributed by atoms with Crippen LogP contribution in [0.25, 0.3) is 10.8 Å². The average molecular weight is 372 g/mol. The molecule has 1 saturated heterocycles. The van der Waals surface area contributed by atoms with E-state index in [-0.39, 0.29) is 0 Å². The van der Waals surface area contributed by atoms with Crippen LogP contribution in [0.5, 0.6) is 5.75 Å². The Balaban J connectivity index is 1.38. The number of terminal acetylenes is 1. The van der Waals surface area contributed by atoms with Gasteiger partial charge in [0.15, 0.2) is 5.82 Å².